The van der Waals surface area contributed by atoms with E-state index in [0.29, 0.717) is 18.3 Å². The molecule has 0 heterocycles. The maximum atomic E-state index is 10.6. The number of benzene rings is 2. The second-order valence-corrected chi connectivity index (χ2v) is 6.40. The number of carbonyl (C=O) groups is 1. The lowest BCUT2D eigenvalue weighted by molar-refractivity contribution is -0.143. The van der Waals surface area contributed by atoms with Crippen LogP contribution in [-0.4, -0.2) is 29.3 Å². The van der Waals surface area contributed by atoms with E-state index in [1.54, 1.807) is 0 Å². The van der Waals surface area contributed by atoms with E-state index in [2.05, 4.69) is 38.1 Å². The topological polar surface area (TPSA) is 83.6 Å². The summed E-state index contributed by atoms with van der Waals surface area (Å²) in [6, 6.07) is 19.8. The molecule has 0 aliphatic heterocycles. The molecule has 0 bridgehead atoms. The average molecular weight is 343 g/mol. The number of aliphatic hydroxyl groups is 1. The normalized spacial score (nSPS) is 12.8. The fourth-order valence-corrected chi connectivity index (χ4v) is 2.62. The Balaban J connectivity index is 0.000000251. The molecular weight excluding hydrogens is 314 g/mol. The fourth-order valence-electron chi connectivity index (χ4n) is 2.62. The van der Waals surface area contributed by atoms with Crippen LogP contribution in [-0.2, 0) is 11.2 Å². The van der Waals surface area contributed by atoms with Gasteiger partial charge in [0.05, 0.1) is 12.5 Å². The summed E-state index contributed by atoms with van der Waals surface area (Å²) in [6.07, 6.45) is 0.382. The van der Waals surface area contributed by atoms with Gasteiger partial charge in [-0.15, -0.1) is 0 Å². The fraction of sp³-hybridized carbons (Fsp3) is 0.381. The first-order valence-electron chi connectivity index (χ1n) is 8.62. The quantitative estimate of drug-likeness (QED) is 0.720. The number of hydrogen-bond donors (Lipinski definition) is 3. The highest BCUT2D eigenvalue weighted by Gasteiger charge is 2.16. The summed E-state index contributed by atoms with van der Waals surface area (Å²) < 4.78 is 0. The van der Waals surface area contributed by atoms with E-state index in [0.717, 1.165) is 12.1 Å². The molecule has 2 unspecified atom stereocenters. The van der Waals surface area contributed by atoms with Crippen molar-refractivity contribution in [2.75, 3.05) is 13.2 Å². The number of aliphatic carboxylic acids is 1. The zero-order valence-corrected chi connectivity index (χ0v) is 15.0. The molecule has 0 saturated heterocycles. The Hall–Kier alpha value is -2.17. The highest BCUT2D eigenvalue weighted by Crippen LogP contribution is 2.22. The summed E-state index contributed by atoms with van der Waals surface area (Å²) in [5.74, 6) is -0.516. The number of carboxylic acid groups (broad SMARTS) is 1. The lowest BCUT2D eigenvalue weighted by Crippen LogP contribution is -2.20. The van der Waals surface area contributed by atoms with E-state index in [4.69, 9.17) is 15.9 Å². The highest BCUT2D eigenvalue weighted by atomic mass is 16.4. The summed E-state index contributed by atoms with van der Waals surface area (Å²) in [4.78, 5) is 10.6. The first-order chi connectivity index (χ1) is 12.0. The molecule has 2 aromatic rings. The molecule has 0 radical (unpaired) electrons. The molecule has 2 rings (SSSR count). The van der Waals surface area contributed by atoms with Gasteiger partial charge in [-0.1, -0.05) is 74.5 Å². The lowest BCUT2D eigenvalue weighted by atomic mass is 9.89. The van der Waals surface area contributed by atoms with E-state index in [1.165, 1.54) is 5.56 Å². The molecule has 0 saturated carbocycles. The SMILES string of the molecule is CC(C)C(CN)c1ccccc1.O=C(O)C(CO)Cc1ccccc1. The molecule has 2 atom stereocenters. The van der Waals surface area contributed by atoms with Gasteiger partial charge in [-0.2, -0.15) is 0 Å². The average Bonchev–Trinajstić information content (AvgIpc) is 2.62. The molecule has 4 heteroatoms. The highest BCUT2D eigenvalue weighted by molar-refractivity contribution is 5.70. The monoisotopic (exact) mass is 343 g/mol. The van der Waals surface area contributed by atoms with Gasteiger partial charge in [-0.25, -0.2) is 0 Å². The van der Waals surface area contributed by atoms with Crippen LogP contribution in [0.5, 0.6) is 0 Å². The molecule has 0 aliphatic carbocycles. The minimum atomic E-state index is -0.952. The van der Waals surface area contributed by atoms with Crippen molar-refractivity contribution in [3.63, 3.8) is 0 Å². The van der Waals surface area contributed by atoms with E-state index in [1.807, 2.05) is 36.4 Å². The van der Waals surface area contributed by atoms with Gasteiger partial charge >= 0.3 is 5.97 Å². The van der Waals surface area contributed by atoms with Crippen molar-refractivity contribution in [1.29, 1.82) is 0 Å². The molecule has 0 amide bonds. The summed E-state index contributed by atoms with van der Waals surface area (Å²) in [7, 11) is 0. The second-order valence-electron chi connectivity index (χ2n) is 6.40. The Bertz CT molecular complexity index is 599. The second kappa shape index (κ2) is 11.4. The standard InChI is InChI=1S/C11H17N.C10H12O3/c1-9(2)11(8-12)10-6-4-3-5-7-10;11-7-9(10(12)13)6-8-4-2-1-3-5-8/h3-7,9,11H,8,12H2,1-2H3;1-5,9,11H,6-7H2,(H,12,13). The summed E-state index contributed by atoms with van der Waals surface area (Å²) in [5, 5.41) is 17.5. The maximum Gasteiger partial charge on any atom is 0.309 e. The van der Waals surface area contributed by atoms with Crippen LogP contribution in [0, 0.1) is 11.8 Å². The van der Waals surface area contributed by atoms with Crippen molar-refractivity contribution in [3.05, 3.63) is 71.8 Å². The molecule has 0 aromatic heterocycles. The molecule has 0 spiro atoms. The van der Waals surface area contributed by atoms with Gasteiger partial charge < -0.3 is 15.9 Å². The van der Waals surface area contributed by atoms with E-state index in [-0.39, 0.29) is 6.61 Å². The van der Waals surface area contributed by atoms with Crippen molar-refractivity contribution in [3.8, 4) is 0 Å². The predicted molar refractivity (Wildman–Crippen MR) is 101 cm³/mol. The largest absolute Gasteiger partial charge is 0.481 e. The van der Waals surface area contributed by atoms with Crippen LogP contribution >= 0.6 is 0 Å². The Morgan fingerprint density at radius 3 is 1.92 bits per heavy atom. The van der Waals surface area contributed by atoms with Gasteiger partial charge in [-0.3, -0.25) is 4.79 Å². The van der Waals surface area contributed by atoms with Crippen molar-refractivity contribution in [2.24, 2.45) is 17.6 Å². The molecule has 2 aromatic carbocycles. The summed E-state index contributed by atoms with van der Waals surface area (Å²) >= 11 is 0. The number of nitrogens with two attached hydrogens (primary N) is 1. The van der Waals surface area contributed by atoms with Crippen LogP contribution in [0.15, 0.2) is 60.7 Å². The number of rotatable bonds is 7. The Kier molecular flexibility index (Phi) is 9.51. The number of hydrogen-bond acceptors (Lipinski definition) is 3. The smallest absolute Gasteiger partial charge is 0.309 e. The number of aliphatic hydroxyl groups excluding tert-OH is 1. The third-order valence-corrected chi connectivity index (χ3v) is 4.18. The summed E-state index contributed by atoms with van der Waals surface area (Å²) in [6.45, 7) is 4.85. The van der Waals surface area contributed by atoms with Gasteiger partial charge in [0.2, 0.25) is 0 Å². The molecule has 136 valence electrons. The third kappa shape index (κ3) is 7.50. The molecule has 0 fully saturated rings. The summed E-state index contributed by atoms with van der Waals surface area (Å²) in [5.41, 5.74) is 8.00. The molecule has 4 nitrogen and oxygen atoms in total. The molecule has 4 N–H and O–H groups in total. The first-order valence-corrected chi connectivity index (χ1v) is 8.62. The van der Waals surface area contributed by atoms with Gasteiger partial charge in [0.1, 0.15) is 0 Å². The first kappa shape index (κ1) is 20.9. The van der Waals surface area contributed by atoms with Crippen molar-refractivity contribution in [2.45, 2.75) is 26.2 Å². The van der Waals surface area contributed by atoms with Gasteiger partial charge in [0.25, 0.3) is 0 Å². The van der Waals surface area contributed by atoms with E-state index >= 15 is 0 Å². The van der Waals surface area contributed by atoms with Gasteiger partial charge in [0, 0.05) is 0 Å². The zero-order chi connectivity index (χ0) is 18.7. The van der Waals surface area contributed by atoms with Crippen LogP contribution in [0.1, 0.15) is 30.9 Å². The van der Waals surface area contributed by atoms with Crippen LogP contribution in [0.4, 0.5) is 0 Å². The Morgan fingerprint density at radius 2 is 1.52 bits per heavy atom. The van der Waals surface area contributed by atoms with Crippen molar-refractivity contribution in [1.82, 2.24) is 0 Å². The minimum absolute atomic E-state index is 0.315. The van der Waals surface area contributed by atoms with E-state index in [9.17, 15) is 4.79 Å². The van der Waals surface area contributed by atoms with Crippen LogP contribution in [0.2, 0.25) is 0 Å². The Morgan fingerprint density at radius 1 is 1.00 bits per heavy atom. The van der Waals surface area contributed by atoms with Crippen LogP contribution in [0.25, 0.3) is 0 Å². The van der Waals surface area contributed by atoms with Crippen molar-refractivity contribution >= 4 is 5.97 Å². The lowest BCUT2D eigenvalue weighted by Gasteiger charge is -2.18. The van der Waals surface area contributed by atoms with Crippen molar-refractivity contribution < 1.29 is 15.0 Å². The van der Waals surface area contributed by atoms with Crippen LogP contribution < -0.4 is 5.73 Å². The van der Waals surface area contributed by atoms with Gasteiger partial charge in [-0.05, 0) is 35.9 Å². The third-order valence-electron chi connectivity index (χ3n) is 4.18. The van der Waals surface area contributed by atoms with E-state index < -0.39 is 11.9 Å². The Labute approximate surface area is 150 Å². The minimum Gasteiger partial charge on any atom is -0.481 e. The maximum absolute atomic E-state index is 10.6. The number of carboxylic acids is 1. The molecular formula is C21H29NO3. The molecule has 0 aliphatic rings. The zero-order valence-electron chi connectivity index (χ0n) is 15.0. The van der Waals surface area contributed by atoms with Gasteiger partial charge in [0.15, 0.2) is 0 Å². The predicted octanol–water partition coefficient (Wildman–Crippen LogP) is 3.31. The van der Waals surface area contributed by atoms with Crippen LogP contribution in [0.3, 0.4) is 0 Å². The molecule has 25 heavy (non-hydrogen) atoms.